The van der Waals surface area contributed by atoms with Crippen LogP contribution in [0.5, 0.6) is 0 Å². The van der Waals surface area contributed by atoms with Crippen LogP contribution in [0.4, 0.5) is 0 Å². The van der Waals surface area contributed by atoms with Gasteiger partial charge in [-0.25, -0.2) is 8.42 Å². The summed E-state index contributed by atoms with van der Waals surface area (Å²) in [6.45, 7) is 5.52. The maximum atomic E-state index is 13.4. The van der Waals surface area contributed by atoms with Gasteiger partial charge < -0.3 is 4.74 Å². The van der Waals surface area contributed by atoms with Crippen LogP contribution in [0.2, 0.25) is 0 Å². The van der Waals surface area contributed by atoms with Crippen LogP contribution in [0.1, 0.15) is 22.8 Å². The highest BCUT2D eigenvalue weighted by Gasteiger charge is 2.37. The molecule has 3 aromatic carbocycles. The number of carbonyl (C=O) groups is 1. The molecule has 0 saturated carbocycles. The molecule has 3 aromatic rings. The van der Waals surface area contributed by atoms with E-state index in [1.807, 2.05) is 67.6 Å². The predicted octanol–water partition coefficient (Wildman–Crippen LogP) is 5.27. The molecule has 33 heavy (non-hydrogen) atoms. The number of ether oxygens (including phenoxy) is 1. The monoisotopic (exact) mass is 527 g/mol. The summed E-state index contributed by atoms with van der Waals surface area (Å²) in [5.74, 6) is -0.651. The van der Waals surface area contributed by atoms with E-state index in [9.17, 15) is 13.2 Å². The first-order valence-electron chi connectivity index (χ1n) is 10.4. The van der Waals surface area contributed by atoms with E-state index >= 15 is 0 Å². The van der Waals surface area contributed by atoms with Gasteiger partial charge in [0.1, 0.15) is 6.04 Å². The Morgan fingerprint density at radius 2 is 1.48 bits per heavy atom. The first-order valence-corrected chi connectivity index (χ1v) is 13.0. The molecule has 0 aliphatic heterocycles. The Kier molecular flexibility index (Phi) is 8.61. The molecule has 0 aliphatic rings. The molecule has 0 saturated heterocycles. The second-order valence-corrected chi connectivity index (χ2v) is 10.0. The molecular weight excluding hydrogens is 502 g/mol. The largest absolute Gasteiger partial charge is 0.451 e. The molecule has 172 valence electrons. The molecule has 0 radical (unpaired) electrons. The predicted molar refractivity (Wildman–Crippen MR) is 134 cm³/mol. The molecule has 0 aliphatic carbocycles. The molecule has 0 fully saturated rings. The zero-order valence-corrected chi connectivity index (χ0v) is 20.7. The summed E-state index contributed by atoms with van der Waals surface area (Å²) >= 11 is 3.32. The van der Waals surface area contributed by atoms with Crippen LogP contribution in [0, 0.1) is 6.92 Å². The van der Waals surface area contributed by atoms with Gasteiger partial charge in [0, 0.05) is 11.9 Å². The van der Waals surface area contributed by atoms with E-state index in [0.29, 0.717) is 0 Å². The number of esters is 1. The minimum absolute atomic E-state index is 0.0388. The highest BCUT2D eigenvalue weighted by molar-refractivity contribution is 9.09. The maximum absolute atomic E-state index is 13.4. The van der Waals surface area contributed by atoms with Crippen LogP contribution in [-0.4, -0.2) is 36.6 Å². The van der Waals surface area contributed by atoms with Crippen molar-refractivity contribution in [2.24, 2.45) is 0 Å². The molecule has 0 amide bonds. The fourth-order valence-electron chi connectivity index (χ4n) is 3.40. The van der Waals surface area contributed by atoms with Gasteiger partial charge in [-0.2, -0.15) is 4.31 Å². The number of rotatable bonds is 10. The highest BCUT2D eigenvalue weighted by Crippen LogP contribution is 2.28. The molecule has 0 heterocycles. The van der Waals surface area contributed by atoms with Crippen molar-refractivity contribution >= 4 is 31.9 Å². The van der Waals surface area contributed by atoms with Crippen molar-refractivity contribution in [3.05, 3.63) is 114 Å². The third-order valence-corrected chi connectivity index (χ3v) is 7.64. The van der Waals surface area contributed by atoms with Crippen molar-refractivity contribution in [3.8, 4) is 0 Å². The van der Waals surface area contributed by atoms with Gasteiger partial charge in [0.05, 0.1) is 4.90 Å². The Morgan fingerprint density at radius 1 is 0.970 bits per heavy atom. The van der Waals surface area contributed by atoms with Crippen LogP contribution in [0.3, 0.4) is 0 Å². The zero-order chi connectivity index (χ0) is 23.8. The molecule has 7 heteroatoms. The van der Waals surface area contributed by atoms with Gasteiger partial charge in [0.2, 0.25) is 10.0 Å². The number of hydrogen-bond acceptors (Lipinski definition) is 4. The number of sulfonamides is 1. The van der Waals surface area contributed by atoms with Crippen molar-refractivity contribution in [2.45, 2.75) is 24.0 Å². The average Bonchev–Trinajstić information content (AvgIpc) is 2.84. The summed E-state index contributed by atoms with van der Waals surface area (Å²) in [6.07, 6.45) is 0.787. The number of aryl methyl sites for hydroxylation is 1. The van der Waals surface area contributed by atoms with Gasteiger partial charge in [-0.3, -0.25) is 4.79 Å². The molecular formula is C26H26BrNO4S. The normalized spacial score (nSPS) is 12.5. The molecule has 0 bridgehead atoms. The summed E-state index contributed by atoms with van der Waals surface area (Å²) in [5, 5.41) is 0.0705. The minimum atomic E-state index is -3.97. The third kappa shape index (κ3) is 5.99. The molecule has 0 spiro atoms. The summed E-state index contributed by atoms with van der Waals surface area (Å²) in [6, 6.07) is 24.2. The van der Waals surface area contributed by atoms with Crippen LogP contribution in [-0.2, 0) is 19.6 Å². The van der Waals surface area contributed by atoms with E-state index in [1.165, 1.54) is 18.2 Å². The van der Waals surface area contributed by atoms with E-state index in [2.05, 4.69) is 22.5 Å². The number of alkyl halides is 1. The van der Waals surface area contributed by atoms with E-state index in [0.717, 1.165) is 21.0 Å². The Hall–Kier alpha value is -2.74. The summed E-state index contributed by atoms with van der Waals surface area (Å²) in [4.78, 5) is 13.5. The second kappa shape index (κ2) is 11.4. The summed E-state index contributed by atoms with van der Waals surface area (Å²) < 4.78 is 33.9. The smallest absolute Gasteiger partial charge is 0.326 e. The number of nitrogens with zero attached hydrogens (tertiary/aromatic N) is 1. The van der Waals surface area contributed by atoms with Crippen LogP contribution in [0.15, 0.2) is 102 Å². The maximum Gasteiger partial charge on any atom is 0.326 e. The van der Waals surface area contributed by atoms with Crippen LogP contribution in [0.25, 0.3) is 0 Å². The van der Waals surface area contributed by atoms with Crippen molar-refractivity contribution in [1.82, 2.24) is 4.31 Å². The number of hydrogen-bond donors (Lipinski definition) is 0. The van der Waals surface area contributed by atoms with E-state index < -0.39 is 28.1 Å². The Labute approximate surface area is 203 Å². The van der Waals surface area contributed by atoms with Crippen molar-refractivity contribution in [3.63, 3.8) is 0 Å². The molecule has 1 atom stereocenters. The standard InChI is InChI=1S/C26H26BrNO4S/c1-3-18-28(33(30,31)23-16-14-20(2)15-17-23)24(19-27)26(29)32-25(21-10-6-4-7-11-21)22-12-8-5-9-13-22/h3-17,24-25H,1,18-19H2,2H3/t24-/m0/s1. The third-order valence-electron chi connectivity index (χ3n) is 5.14. The molecule has 0 N–H and O–H groups in total. The van der Waals surface area contributed by atoms with E-state index in [1.54, 1.807) is 12.1 Å². The van der Waals surface area contributed by atoms with E-state index in [4.69, 9.17) is 4.74 Å². The lowest BCUT2D eigenvalue weighted by atomic mass is 10.0. The van der Waals surface area contributed by atoms with Crippen LogP contribution >= 0.6 is 15.9 Å². The Morgan fingerprint density at radius 3 is 1.94 bits per heavy atom. The quantitative estimate of drug-likeness (QED) is 0.204. The van der Waals surface area contributed by atoms with Crippen molar-refractivity contribution in [2.75, 3.05) is 11.9 Å². The van der Waals surface area contributed by atoms with Gasteiger partial charge >= 0.3 is 5.97 Å². The topological polar surface area (TPSA) is 63.7 Å². The van der Waals surface area contributed by atoms with E-state index in [-0.39, 0.29) is 16.8 Å². The summed E-state index contributed by atoms with van der Waals surface area (Å²) in [5.41, 5.74) is 2.53. The lowest BCUT2D eigenvalue weighted by molar-refractivity contribution is -0.151. The first kappa shape index (κ1) is 24.9. The first-order chi connectivity index (χ1) is 15.9. The van der Waals surface area contributed by atoms with Crippen LogP contribution < -0.4 is 0 Å². The minimum Gasteiger partial charge on any atom is -0.451 e. The summed E-state index contributed by atoms with van der Waals surface area (Å²) in [7, 11) is -3.97. The van der Waals surface area contributed by atoms with Crippen molar-refractivity contribution in [1.29, 1.82) is 0 Å². The zero-order valence-electron chi connectivity index (χ0n) is 18.3. The molecule has 5 nitrogen and oxygen atoms in total. The molecule has 0 unspecified atom stereocenters. The number of carbonyl (C=O) groups excluding carboxylic acids is 1. The van der Waals surface area contributed by atoms with Gasteiger partial charge in [0.15, 0.2) is 6.10 Å². The van der Waals surface area contributed by atoms with Gasteiger partial charge in [-0.15, -0.1) is 6.58 Å². The van der Waals surface area contributed by atoms with Gasteiger partial charge in [-0.05, 0) is 30.2 Å². The average molecular weight is 528 g/mol. The fraction of sp³-hybridized carbons (Fsp3) is 0.192. The fourth-order valence-corrected chi connectivity index (χ4v) is 5.76. The van der Waals surface area contributed by atoms with Gasteiger partial charge in [-0.1, -0.05) is 100 Å². The Balaban J connectivity index is 1.95. The number of halogens is 1. The SMILES string of the molecule is C=CCN([C@@H](CBr)C(=O)OC(c1ccccc1)c1ccccc1)S(=O)(=O)c1ccc(C)cc1. The molecule has 0 aromatic heterocycles. The molecule has 3 rings (SSSR count). The Bertz CT molecular complexity index is 1130. The van der Waals surface area contributed by atoms with Gasteiger partial charge in [0.25, 0.3) is 0 Å². The lowest BCUT2D eigenvalue weighted by Gasteiger charge is -2.29. The second-order valence-electron chi connectivity index (χ2n) is 7.48. The highest BCUT2D eigenvalue weighted by atomic mass is 79.9. The number of benzene rings is 3. The van der Waals surface area contributed by atoms with Crippen molar-refractivity contribution < 1.29 is 17.9 Å². The lowest BCUT2D eigenvalue weighted by Crippen LogP contribution is -2.47.